The lowest BCUT2D eigenvalue weighted by Crippen LogP contribution is -2.27. The molecule has 0 bridgehead atoms. The van der Waals surface area contributed by atoms with Gasteiger partial charge in [0.15, 0.2) is 5.82 Å². The number of H-pyrrole nitrogens is 1. The minimum absolute atomic E-state index is 0.0766. The van der Waals surface area contributed by atoms with Gasteiger partial charge < -0.3 is 0 Å². The average Bonchev–Trinajstić information content (AvgIpc) is 2.61. The zero-order valence-electron chi connectivity index (χ0n) is 13.0. The van der Waals surface area contributed by atoms with Gasteiger partial charge in [0.05, 0.1) is 16.0 Å². The number of rotatable bonds is 2. The number of aromatic amines is 1. The fourth-order valence-corrected chi connectivity index (χ4v) is 3.08. The molecule has 2 aliphatic rings. The number of nitrogens with zero attached hydrogens (tertiary/aromatic N) is 3. The quantitative estimate of drug-likeness (QED) is 0.332. The lowest BCUT2D eigenvalue weighted by molar-refractivity contribution is -0.384. The van der Waals surface area contributed by atoms with E-state index in [4.69, 9.17) is 11.6 Å². The Morgan fingerprint density at radius 1 is 1.12 bits per heavy atom. The molecule has 2 aromatic carbocycles. The molecule has 2 heterocycles. The Bertz CT molecular complexity index is 1260. The van der Waals surface area contributed by atoms with Crippen LogP contribution in [0.1, 0.15) is 0 Å². The molecule has 0 radical (unpaired) electrons. The number of fused-ring (bicyclic) bond motifs is 2. The second kappa shape index (κ2) is 5.78. The van der Waals surface area contributed by atoms with Crippen molar-refractivity contribution in [1.82, 2.24) is 14.5 Å². The molecule has 0 amide bonds. The second-order valence-electron chi connectivity index (χ2n) is 5.53. The number of nitrogens with one attached hydrogen (secondary N) is 1. The van der Waals surface area contributed by atoms with Gasteiger partial charge in [0, 0.05) is 28.2 Å². The standard InChI is InChI=1S/C17H9ClN4O4/c18-13-2-1-3-14-11(13)8-12-15(19-17(24)20-16(12)23)21(14)9-4-6-10(7-5-9)22(25)26/h1-8H,(H,20,23,24). The van der Waals surface area contributed by atoms with Gasteiger partial charge in [-0.15, -0.1) is 0 Å². The van der Waals surface area contributed by atoms with Crippen molar-refractivity contribution in [3.63, 3.8) is 0 Å². The molecule has 2 aliphatic heterocycles. The topological polar surface area (TPSA) is 111 Å². The summed E-state index contributed by atoms with van der Waals surface area (Å²) in [6.45, 7) is 0. The minimum Gasteiger partial charge on any atom is -0.294 e. The molecule has 0 aliphatic carbocycles. The summed E-state index contributed by atoms with van der Waals surface area (Å²) < 4.78 is 1.58. The van der Waals surface area contributed by atoms with Gasteiger partial charge in [-0.1, -0.05) is 17.7 Å². The van der Waals surface area contributed by atoms with E-state index in [9.17, 15) is 19.7 Å². The first-order valence-electron chi connectivity index (χ1n) is 7.45. The Morgan fingerprint density at radius 3 is 2.54 bits per heavy atom. The maximum Gasteiger partial charge on any atom is 0.349 e. The van der Waals surface area contributed by atoms with Gasteiger partial charge in [-0.3, -0.25) is 24.5 Å². The number of nitro groups is 1. The van der Waals surface area contributed by atoms with Crippen molar-refractivity contribution < 1.29 is 4.92 Å². The van der Waals surface area contributed by atoms with E-state index in [0.717, 1.165) is 0 Å². The third-order valence-corrected chi connectivity index (χ3v) is 4.33. The van der Waals surface area contributed by atoms with Gasteiger partial charge in [-0.05, 0) is 30.3 Å². The number of hydrogen-bond donors (Lipinski definition) is 1. The molecule has 128 valence electrons. The van der Waals surface area contributed by atoms with Crippen LogP contribution in [0, 0.1) is 10.1 Å². The van der Waals surface area contributed by atoms with Gasteiger partial charge >= 0.3 is 5.69 Å². The molecule has 4 rings (SSSR count). The van der Waals surface area contributed by atoms with Crippen LogP contribution in [0.25, 0.3) is 28.0 Å². The first-order valence-corrected chi connectivity index (χ1v) is 7.82. The van der Waals surface area contributed by atoms with Crippen molar-refractivity contribution in [2.24, 2.45) is 0 Å². The number of aromatic nitrogens is 3. The first-order chi connectivity index (χ1) is 12.5. The van der Waals surface area contributed by atoms with Gasteiger partial charge in [-0.25, -0.2) is 4.79 Å². The zero-order chi connectivity index (χ0) is 18.4. The smallest absolute Gasteiger partial charge is 0.294 e. The first kappa shape index (κ1) is 16.0. The van der Waals surface area contributed by atoms with Crippen LogP contribution in [0.3, 0.4) is 0 Å². The van der Waals surface area contributed by atoms with E-state index >= 15 is 0 Å². The third-order valence-electron chi connectivity index (χ3n) is 4.00. The number of halogens is 1. The summed E-state index contributed by atoms with van der Waals surface area (Å²) in [6, 6.07) is 12.4. The fourth-order valence-electron chi connectivity index (χ4n) is 2.86. The van der Waals surface area contributed by atoms with Crippen LogP contribution in [0.15, 0.2) is 58.1 Å². The SMILES string of the molecule is O=c1nc2n(-c3ccc([N+](=O)[O-])cc3)c3cccc(Cl)c3cc-2c(=O)[nH]1. The molecule has 0 aromatic heterocycles. The monoisotopic (exact) mass is 368 g/mol. The van der Waals surface area contributed by atoms with Crippen molar-refractivity contribution >= 4 is 28.2 Å². The molecular formula is C17H9ClN4O4. The highest BCUT2D eigenvalue weighted by Crippen LogP contribution is 2.32. The second-order valence-corrected chi connectivity index (χ2v) is 5.94. The molecule has 1 N–H and O–H groups in total. The summed E-state index contributed by atoms with van der Waals surface area (Å²) in [5, 5.41) is 11.9. The lowest BCUT2D eigenvalue weighted by Gasteiger charge is -2.17. The highest BCUT2D eigenvalue weighted by atomic mass is 35.5. The summed E-state index contributed by atoms with van der Waals surface area (Å²) in [5.41, 5.74) is -0.143. The molecule has 0 atom stereocenters. The maximum absolute atomic E-state index is 12.2. The number of nitro benzene ring substituents is 1. The van der Waals surface area contributed by atoms with Crippen molar-refractivity contribution in [1.29, 1.82) is 0 Å². The Labute approximate surface area is 149 Å². The van der Waals surface area contributed by atoms with Crippen LogP contribution in [-0.2, 0) is 0 Å². The van der Waals surface area contributed by atoms with Gasteiger partial charge in [0.1, 0.15) is 0 Å². The predicted molar refractivity (Wildman–Crippen MR) is 96.2 cm³/mol. The lowest BCUT2D eigenvalue weighted by atomic mass is 10.1. The highest BCUT2D eigenvalue weighted by Gasteiger charge is 2.19. The summed E-state index contributed by atoms with van der Waals surface area (Å²) in [7, 11) is 0. The number of non-ortho nitro benzene ring substituents is 1. The summed E-state index contributed by atoms with van der Waals surface area (Å²) in [4.78, 5) is 40.4. The van der Waals surface area contributed by atoms with Crippen LogP contribution in [0.5, 0.6) is 0 Å². The van der Waals surface area contributed by atoms with Crippen molar-refractivity contribution in [3.8, 4) is 17.1 Å². The van der Waals surface area contributed by atoms with Crippen LogP contribution in [0.2, 0.25) is 5.02 Å². The Balaban J connectivity index is 2.17. The third kappa shape index (κ3) is 2.44. The Morgan fingerprint density at radius 2 is 1.85 bits per heavy atom. The van der Waals surface area contributed by atoms with Crippen LogP contribution in [0.4, 0.5) is 5.69 Å². The Kier molecular flexibility index (Phi) is 3.55. The fraction of sp³-hybridized carbons (Fsp3) is 0. The van der Waals surface area contributed by atoms with Gasteiger partial charge in [0.2, 0.25) is 0 Å². The number of pyridine rings is 1. The van der Waals surface area contributed by atoms with Crippen LogP contribution >= 0.6 is 11.6 Å². The summed E-state index contributed by atoms with van der Waals surface area (Å²) >= 11 is 6.27. The van der Waals surface area contributed by atoms with E-state index in [1.807, 2.05) is 0 Å². The maximum atomic E-state index is 12.2. The summed E-state index contributed by atoms with van der Waals surface area (Å²) in [5.74, 6) is 0.141. The van der Waals surface area contributed by atoms with Crippen molar-refractivity contribution in [2.45, 2.75) is 0 Å². The van der Waals surface area contributed by atoms with E-state index in [2.05, 4.69) is 9.97 Å². The Hall–Kier alpha value is -3.52. The largest absolute Gasteiger partial charge is 0.349 e. The van der Waals surface area contributed by atoms with Crippen LogP contribution in [-0.4, -0.2) is 19.5 Å². The molecule has 0 saturated carbocycles. The molecule has 0 fully saturated rings. The molecule has 2 aromatic rings. The highest BCUT2D eigenvalue weighted by molar-refractivity contribution is 6.35. The van der Waals surface area contributed by atoms with E-state index in [1.54, 1.807) is 28.8 Å². The number of benzene rings is 2. The molecular weight excluding hydrogens is 360 g/mol. The van der Waals surface area contributed by atoms with Gasteiger partial charge in [-0.2, -0.15) is 4.98 Å². The summed E-state index contributed by atoms with van der Waals surface area (Å²) in [6.07, 6.45) is 0. The molecule has 8 nitrogen and oxygen atoms in total. The number of hydrogen-bond acceptors (Lipinski definition) is 5. The van der Waals surface area contributed by atoms with E-state index in [-0.39, 0.29) is 17.1 Å². The van der Waals surface area contributed by atoms with E-state index in [0.29, 0.717) is 21.6 Å². The average molecular weight is 369 g/mol. The van der Waals surface area contributed by atoms with Crippen molar-refractivity contribution in [3.05, 3.63) is 84.5 Å². The van der Waals surface area contributed by atoms with E-state index < -0.39 is 16.2 Å². The molecule has 0 spiro atoms. The molecule has 9 heteroatoms. The zero-order valence-corrected chi connectivity index (χ0v) is 13.7. The predicted octanol–water partition coefficient (Wildman–Crippen LogP) is 2.74. The molecule has 0 unspecified atom stereocenters. The van der Waals surface area contributed by atoms with Gasteiger partial charge in [0.25, 0.3) is 11.2 Å². The van der Waals surface area contributed by atoms with E-state index in [1.165, 1.54) is 24.3 Å². The van der Waals surface area contributed by atoms with Crippen LogP contribution < -0.4 is 11.2 Å². The normalized spacial score (nSPS) is 11.1. The molecule has 26 heavy (non-hydrogen) atoms. The molecule has 0 saturated heterocycles. The minimum atomic E-state index is -0.778. The van der Waals surface area contributed by atoms with Crippen molar-refractivity contribution in [2.75, 3.05) is 0 Å².